The number of hydrogen-bond acceptors (Lipinski definition) is 4. The second-order valence-electron chi connectivity index (χ2n) is 8.77. The van der Waals surface area contributed by atoms with Gasteiger partial charge in [-0.05, 0) is 59.1 Å². The van der Waals surface area contributed by atoms with Crippen LogP contribution < -0.4 is 0 Å². The summed E-state index contributed by atoms with van der Waals surface area (Å²) in [5.41, 5.74) is 3.80. The number of methoxy groups -OCH3 is 1. The van der Waals surface area contributed by atoms with Crippen LogP contribution >= 0.6 is 0 Å². The molecule has 0 N–H and O–H groups in total. The number of esters is 1. The van der Waals surface area contributed by atoms with Gasteiger partial charge in [-0.3, -0.25) is 9.59 Å². The van der Waals surface area contributed by atoms with Crippen molar-refractivity contribution >= 4 is 18.0 Å². The Balaban J connectivity index is 2.10. The molecule has 3 rings (SSSR count). The number of ketones is 1. The third kappa shape index (κ3) is 3.39. The maximum absolute atomic E-state index is 13.2. The maximum atomic E-state index is 13.2. The lowest BCUT2D eigenvalue weighted by atomic mass is 9.62. The Morgan fingerprint density at radius 1 is 0.893 bits per heavy atom. The van der Waals surface area contributed by atoms with Crippen LogP contribution in [0.5, 0.6) is 0 Å². The van der Waals surface area contributed by atoms with Crippen molar-refractivity contribution in [3.63, 3.8) is 0 Å². The molecule has 1 aliphatic rings. The molecule has 0 radical (unpaired) electrons. The molecular weight excluding hydrogens is 352 g/mol. The van der Waals surface area contributed by atoms with Gasteiger partial charge in [0.25, 0.3) is 0 Å². The molecule has 146 valence electrons. The number of fused-ring (bicyclic) bond motifs is 1. The van der Waals surface area contributed by atoms with E-state index in [0.29, 0.717) is 22.3 Å². The highest BCUT2D eigenvalue weighted by Gasteiger charge is 2.38. The molecule has 0 fully saturated rings. The van der Waals surface area contributed by atoms with Crippen molar-refractivity contribution in [2.75, 3.05) is 7.11 Å². The fraction of sp³-hybridized carbons (Fsp3) is 0.375. The van der Waals surface area contributed by atoms with E-state index in [1.54, 1.807) is 24.3 Å². The number of carbonyl (C=O) groups is 3. The molecule has 1 aliphatic carbocycles. The molecule has 0 aromatic heterocycles. The molecule has 0 bridgehead atoms. The van der Waals surface area contributed by atoms with Crippen LogP contribution in [0.15, 0.2) is 36.4 Å². The third-order valence-corrected chi connectivity index (χ3v) is 5.96. The van der Waals surface area contributed by atoms with Crippen LogP contribution in [0.2, 0.25) is 0 Å². The molecule has 4 heteroatoms. The normalized spacial score (nSPS) is 16.8. The Morgan fingerprint density at radius 3 is 1.89 bits per heavy atom. The van der Waals surface area contributed by atoms with Gasteiger partial charge in [-0.2, -0.15) is 0 Å². The van der Waals surface area contributed by atoms with E-state index in [9.17, 15) is 14.4 Å². The van der Waals surface area contributed by atoms with E-state index < -0.39 is 5.97 Å². The van der Waals surface area contributed by atoms with Crippen LogP contribution in [0.3, 0.4) is 0 Å². The van der Waals surface area contributed by atoms with Crippen molar-refractivity contribution in [1.82, 2.24) is 0 Å². The van der Waals surface area contributed by atoms with Gasteiger partial charge in [-0.1, -0.05) is 39.8 Å². The average molecular weight is 378 g/mol. The van der Waals surface area contributed by atoms with Crippen molar-refractivity contribution in [2.24, 2.45) is 0 Å². The van der Waals surface area contributed by atoms with Gasteiger partial charge in [0.15, 0.2) is 12.1 Å². The minimum absolute atomic E-state index is 0.0354. The second-order valence-corrected chi connectivity index (χ2v) is 8.77. The van der Waals surface area contributed by atoms with Gasteiger partial charge in [-0.25, -0.2) is 4.79 Å². The number of hydrogen-bond donors (Lipinski definition) is 0. The van der Waals surface area contributed by atoms with Crippen molar-refractivity contribution < 1.29 is 19.1 Å². The summed E-state index contributed by atoms with van der Waals surface area (Å²) >= 11 is 0. The highest BCUT2D eigenvalue weighted by molar-refractivity contribution is 6.13. The summed E-state index contributed by atoms with van der Waals surface area (Å²) in [4.78, 5) is 36.6. The summed E-state index contributed by atoms with van der Waals surface area (Å²) in [6, 6.07) is 10.1. The van der Waals surface area contributed by atoms with E-state index in [0.717, 1.165) is 30.3 Å². The van der Waals surface area contributed by atoms with Crippen molar-refractivity contribution in [2.45, 2.75) is 51.4 Å². The zero-order chi connectivity index (χ0) is 20.7. The van der Waals surface area contributed by atoms with Gasteiger partial charge in [0.2, 0.25) is 0 Å². The van der Waals surface area contributed by atoms with Gasteiger partial charge in [0.1, 0.15) is 0 Å². The Kier molecular flexibility index (Phi) is 5.00. The number of aldehydes is 1. The first-order chi connectivity index (χ1) is 13.1. The van der Waals surface area contributed by atoms with Crippen LogP contribution in [-0.2, 0) is 15.6 Å². The smallest absolute Gasteiger partial charge is 0.337 e. The van der Waals surface area contributed by atoms with E-state index in [1.807, 2.05) is 12.1 Å². The standard InChI is InChI=1S/C24H26O4/c1-23(2)10-11-24(3,4)20-13-18(17(14-25)12-19(20)23)21(26)15-6-8-16(9-7-15)22(27)28-5/h6-9,12-14H,10-11H2,1-5H3. The van der Waals surface area contributed by atoms with Crippen LogP contribution in [0.1, 0.15) is 88.3 Å². The summed E-state index contributed by atoms with van der Waals surface area (Å²) in [6.07, 6.45) is 2.82. The Hall–Kier alpha value is -2.75. The van der Waals surface area contributed by atoms with E-state index in [-0.39, 0.29) is 16.6 Å². The lowest BCUT2D eigenvalue weighted by Gasteiger charge is -2.42. The van der Waals surface area contributed by atoms with Crippen LogP contribution in [0, 0.1) is 0 Å². The summed E-state index contributed by atoms with van der Waals surface area (Å²) < 4.78 is 4.69. The van der Waals surface area contributed by atoms with Crippen LogP contribution in [0.4, 0.5) is 0 Å². The van der Waals surface area contributed by atoms with E-state index in [4.69, 9.17) is 4.74 Å². The predicted octanol–water partition coefficient (Wildman–Crippen LogP) is 4.87. The number of carbonyl (C=O) groups excluding carboxylic acids is 3. The Labute approximate surface area is 165 Å². The van der Waals surface area contributed by atoms with Crippen molar-refractivity contribution in [3.05, 3.63) is 69.8 Å². The summed E-state index contributed by atoms with van der Waals surface area (Å²) in [7, 11) is 1.31. The quantitative estimate of drug-likeness (QED) is 0.433. The van der Waals surface area contributed by atoms with Crippen LogP contribution in [-0.4, -0.2) is 25.1 Å². The molecular formula is C24H26O4. The summed E-state index contributed by atoms with van der Waals surface area (Å²) in [5.74, 6) is -0.675. The van der Waals surface area contributed by atoms with E-state index in [1.165, 1.54) is 7.11 Å². The molecule has 28 heavy (non-hydrogen) atoms. The molecule has 0 heterocycles. The average Bonchev–Trinajstić information content (AvgIpc) is 2.69. The molecule has 0 unspecified atom stereocenters. The first kappa shape index (κ1) is 20.0. The SMILES string of the molecule is COC(=O)c1ccc(C(=O)c2cc3c(cc2C=O)C(C)(C)CCC3(C)C)cc1. The predicted molar refractivity (Wildman–Crippen MR) is 108 cm³/mol. The molecule has 0 spiro atoms. The zero-order valence-corrected chi connectivity index (χ0v) is 17.1. The molecule has 0 saturated heterocycles. The zero-order valence-electron chi connectivity index (χ0n) is 17.1. The highest BCUT2D eigenvalue weighted by Crippen LogP contribution is 2.46. The lowest BCUT2D eigenvalue weighted by Crippen LogP contribution is -2.34. The Morgan fingerprint density at radius 2 is 1.39 bits per heavy atom. The molecule has 2 aromatic carbocycles. The third-order valence-electron chi connectivity index (χ3n) is 5.96. The van der Waals surface area contributed by atoms with Gasteiger partial charge in [0, 0.05) is 16.7 Å². The van der Waals surface area contributed by atoms with Crippen molar-refractivity contribution in [1.29, 1.82) is 0 Å². The number of rotatable bonds is 4. The second kappa shape index (κ2) is 7.01. The summed E-state index contributed by atoms with van der Waals surface area (Å²) in [5, 5.41) is 0. The maximum Gasteiger partial charge on any atom is 0.337 e. The molecule has 0 amide bonds. The minimum atomic E-state index is -0.453. The molecule has 4 nitrogen and oxygen atoms in total. The van der Waals surface area contributed by atoms with E-state index in [2.05, 4.69) is 27.7 Å². The first-order valence-corrected chi connectivity index (χ1v) is 9.48. The molecule has 0 atom stereocenters. The van der Waals surface area contributed by atoms with Crippen LogP contribution in [0.25, 0.3) is 0 Å². The summed E-state index contributed by atoms with van der Waals surface area (Å²) in [6.45, 7) is 8.73. The topological polar surface area (TPSA) is 60.4 Å². The van der Waals surface area contributed by atoms with Gasteiger partial charge >= 0.3 is 5.97 Å². The van der Waals surface area contributed by atoms with Gasteiger partial charge < -0.3 is 4.74 Å². The van der Waals surface area contributed by atoms with Gasteiger partial charge in [-0.15, -0.1) is 0 Å². The largest absolute Gasteiger partial charge is 0.465 e. The van der Waals surface area contributed by atoms with E-state index >= 15 is 0 Å². The highest BCUT2D eigenvalue weighted by atomic mass is 16.5. The molecule has 0 saturated carbocycles. The van der Waals surface area contributed by atoms with Gasteiger partial charge in [0.05, 0.1) is 12.7 Å². The number of ether oxygens (including phenoxy) is 1. The fourth-order valence-electron chi connectivity index (χ4n) is 3.96. The fourth-order valence-corrected chi connectivity index (χ4v) is 3.96. The number of benzene rings is 2. The van der Waals surface area contributed by atoms with Crippen molar-refractivity contribution in [3.8, 4) is 0 Å². The first-order valence-electron chi connectivity index (χ1n) is 9.48. The molecule has 2 aromatic rings. The Bertz CT molecular complexity index is 949. The molecule has 0 aliphatic heterocycles. The lowest BCUT2D eigenvalue weighted by molar-refractivity contribution is 0.0600. The monoisotopic (exact) mass is 378 g/mol. The minimum Gasteiger partial charge on any atom is -0.465 e.